The molecule has 10 heteroatoms. The maximum absolute atomic E-state index is 10.9. The van der Waals surface area contributed by atoms with Crippen LogP contribution in [0.4, 0.5) is 0 Å². The van der Waals surface area contributed by atoms with E-state index in [2.05, 4.69) is 36.7 Å². The highest BCUT2D eigenvalue weighted by Crippen LogP contribution is 2.17. The normalized spacial score (nSPS) is 24.0. The van der Waals surface area contributed by atoms with E-state index in [9.17, 15) is 19.2 Å². The summed E-state index contributed by atoms with van der Waals surface area (Å²) in [6, 6.07) is 0. The van der Waals surface area contributed by atoms with Crippen LogP contribution in [-0.4, -0.2) is 156 Å². The number of likely N-dealkylation sites (N-methyl/N-ethyl adjacent to an activating group) is 3. The average molecular weight is 584 g/mol. The molecule has 0 spiro atoms. The van der Waals surface area contributed by atoms with Crippen LogP contribution in [0.1, 0.15) is 65.2 Å². The standard InChI is InChI=1S/C16H32N3O2.C15H29N3O2/c1-16(21)17-8-7-10-19(3)13-11-18(2,12-14-19)9-5-4-6-15-20;1-15(20)16-7-6-11-18(2)12-9-17(10-13-18)8-4-3-5-14-19/h15H,4-14H2,1-3H3;14H,3-13H2,1-2H3/q+1;/p+2. The van der Waals surface area contributed by atoms with Crippen molar-refractivity contribution in [2.24, 2.45) is 0 Å². The minimum absolute atomic E-state index is 0.0628. The molecule has 2 heterocycles. The number of quaternary nitrogens is 3. The molecule has 0 aromatic heterocycles. The summed E-state index contributed by atoms with van der Waals surface area (Å²) in [6.45, 7) is 18.9. The van der Waals surface area contributed by atoms with E-state index in [1.165, 1.54) is 45.8 Å². The molecule has 0 radical (unpaired) electrons. The van der Waals surface area contributed by atoms with Gasteiger partial charge in [-0.1, -0.05) is 0 Å². The molecular weight excluding hydrogens is 520 g/mol. The summed E-state index contributed by atoms with van der Waals surface area (Å²) in [4.78, 5) is 44.8. The number of amides is 2. The lowest BCUT2D eigenvalue weighted by Gasteiger charge is -2.46. The average Bonchev–Trinajstić information content (AvgIpc) is 2.93. The van der Waals surface area contributed by atoms with Gasteiger partial charge in [-0.15, -0.1) is 0 Å². The molecule has 2 N–H and O–H groups in total. The zero-order valence-corrected chi connectivity index (χ0v) is 27.1. The van der Waals surface area contributed by atoms with Gasteiger partial charge >= 0.3 is 0 Å². The fraction of sp³-hybridized carbons (Fsp3) is 0.871. The summed E-state index contributed by atoms with van der Waals surface area (Å²) in [7, 11) is 7.00. The Bertz CT molecular complexity index is 762. The maximum Gasteiger partial charge on any atom is 0.216 e. The van der Waals surface area contributed by atoms with Crippen LogP contribution in [0.3, 0.4) is 0 Å². The second-order valence-electron chi connectivity index (χ2n) is 13.2. The third-order valence-electron chi connectivity index (χ3n) is 9.09. The predicted molar refractivity (Wildman–Crippen MR) is 165 cm³/mol. The minimum atomic E-state index is 0.0628. The van der Waals surface area contributed by atoms with Crippen LogP contribution >= 0.6 is 0 Å². The Kier molecular flexibility index (Phi) is 18.2. The van der Waals surface area contributed by atoms with Crippen LogP contribution in [0.5, 0.6) is 0 Å². The number of aldehydes is 2. The molecule has 2 aliphatic rings. The number of hydrogen-bond donors (Lipinski definition) is 2. The van der Waals surface area contributed by atoms with Crippen LogP contribution in [-0.2, 0) is 19.2 Å². The highest BCUT2D eigenvalue weighted by atomic mass is 16.2. The third-order valence-corrected chi connectivity index (χ3v) is 9.09. The Morgan fingerprint density at radius 3 is 1.41 bits per heavy atom. The molecule has 2 saturated heterocycles. The monoisotopic (exact) mass is 583 g/mol. The first-order chi connectivity index (χ1) is 19.4. The summed E-state index contributed by atoms with van der Waals surface area (Å²) in [5, 5.41) is 5.74. The number of nitrogens with one attached hydrogen (secondary N) is 2. The van der Waals surface area contributed by atoms with Gasteiger partial charge in [0.1, 0.15) is 38.8 Å². The van der Waals surface area contributed by atoms with Crippen molar-refractivity contribution in [3.63, 3.8) is 0 Å². The molecule has 0 saturated carbocycles. The van der Waals surface area contributed by atoms with Gasteiger partial charge < -0.3 is 33.7 Å². The molecule has 10 nitrogen and oxygen atoms in total. The Hall–Kier alpha value is -1.88. The van der Waals surface area contributed by atoms with Gasteiger partial charge in [0.15, 0.2) is 0 Å². The van der Waals surface area contributed by atoms with Gasteiger partial charge in [0.25, 0.3) is 0 Å². The molecule has 0 bridgehead atoms. The minimum Gasteiger partial charge on any atom is -0.356 e. The number of carbonyl (C=O) groups excluding carboxylic acids is 4. The Balaban J connectivity index is 0.000000410. The van der Waals surface area contributed by atoms with E-state index in [0.717, 1.165) is 110 Å². The molecule has 0 atom stereocenters. The quantitative estimate of drug-likeness (QED) is 0.145. The van der Waals surface area contributed by atoms with Crippen LogP contribution in [0.15, 0.2) is 0 Å². The van der Waals surface area contributed by atoms with Gasteiger partial charge in [-0.3, -0.25) is 14.5 Å². The van der Waals surface area contributed by atoms with Gasteiger partial charge in [-0.2, -0.15) is 0 Å². The lowest BCUT2D eigenvalue weighted by molar-refractivity contribution is -1.02. The predicted octanol–water partition coefficient (Wildman–Crippen LogP) is 1.43. The largest absolute Gasteiger partial charge is 0.356 e. The Morgan fingerprint density at radius 2 is 1.00 bits per heavy atom. The fourth-order valence-electron chi connectivity index (χ4n) is 5.81. The molecule has 238 valence electrons. The van der Waals surface area contributed by atoms with E-state index < -0.39 is 0 Å². The summed E-state index contributed by atoms with van der Waals surface area (Å²) >= 11 is 0. The van der Waals surface area contributed by atoms with Crippen molar-refractivity contribution in [1.82, 2.24) is 15.5 Å². The molecule has 0 unspecified atom stereocenters. The zero-order chi connectivity index (χ0) is 30.6. The molecule has 2 rings (SSSR count). The zero-order valence-electron chi connectivity index (χ0n) is 27.1. The van der Waals surface area contributed by atoms with Crippen molar-refractivity contribution >= 4 is 24.4 Å². The Labute approximate surface area is 250 Å². The highest BCUT2D eigenvalue weighted by Gasteiger charge is 2.36. The number of nitrogens with zero attached hydrogens (tertiary/aromatic N) is 4. The smallest absolute Gasteiger partial charge is 0.216 e. The topological polar surface area (TPSA) is 95.6 Å². The molecular formula is C31H63N6O4+3. The number of unbranched alkanes of at least 4 members (excludes halogenated alkanes) is 4. The maximum atomic E-state index is 10.9. The number of hydrogen-bond acceptors (Lipinski definition) is 5. The molecule has 2 fully saturated rings. The fourth-order valence-corrected chi connectivity index (χ4v) is 5.81. The first kappa shape index (κ1) is 37.1. The van der Waals surface area contributed by atoms with Crippen molar-refractivity contribution in [3.8, 4) is 0 Å². The summed E-state index contributed by atoms with van der Waals surface area (Å²) in [5.41, 5.74) is 0. The third kappa shape index (κ3) is 17.6. The van der Waals surface area contributed by atoms with Crippen molar-refractivity contribution in [2.45, 2.75) is 65.2 Å². The van der Waals surface area contributed by atoms with Crippen molar-refractivity contribution in [1.29, 1.82) is 0 Å². The van der Waals surface area contributed by atoms with Crippen molar-refractivity contribution in [2.75, 3.05) is 113 Å². The van der Waals surface area contributed by atoms with Crippen LogP contribution in [0, 0.1) is 0 Å². The lowest BCUT2D eigenvalue weighted by Crippen LogP contribution is -2.64. The van der Waals surface area contributed by atoms with Gasteiger partial charge in [-0.25, -0.2) is 0 Å². The number of carbonyl (C=O) groups is 4. The first-order valence-electron chi connectivity index (χ1n) is 16.0. The molecule has 2 amide bonds. The lowest BCUT2D eigenvalue weighted by atomic mass is 10.1. The van der Waals surface area contributed by atoms with E-state index in [1.54, 1.807) is 13.8 Å². The van der Waals surface area contributed by atoms with Gasteiger partial charge in [0.05, 0.1) is 53.9 Å². The molecule has 2 aliphatic heterocycles. The van der Waals surface area contributed by atoms with Gasteiger partial charge in [0, 0.05) is 65.7 Å². The van der Waals surface area contributed by atoms with Crippen LogP contribution in [0.2, 0.25) is 0 Å². The van der Waals surface area contributed by atoms with E-state index in [1.807, 2.05) is 0 Å². The van der Waals surface area contributed by atoms with E-state index in [0.29, 0.717) is 12.8 Å². The van der Waals surface area contributed by atoms with Gasteiger partial charge in [-0.05, 0) is 32.2 Å². The SMILES string of the molecule is CC(=O)NCCC[N+]1(C)CCN(CCCCC=O)CC1.CC(=O)NCCC[N+]1(C)CC[N+](C)(CCCCC=O)CC1. The van der Waals surface area contributed by atoms with Crippen molar-refractivity contribution < 1.29 is 32.6 Å². The molecule has 0 aromatic carbocycles. The summed E-state index contributed by atoms with van der Waals surface area (Å²) in [6.07, 6.45) is 9.88. The highest BCUT2D eigenvalue weighted by molar-refractivity contribution is 5.73. The van der Waals surface area contributed by atoms with Crippen molar-refractivity contribution in [3.05, 3.63) is 0 Å². The van der Waals surface area contributed by atoms with Crippen LogP contribution < -0.4 is 10.6 Å². The second kappa shape index (κ2) is 20.1. The van der Waals surface area contributed by atoms with Crippen LogP contribution in [0.25, 0.3) is 0 Å². The summed E-state index contributed by atoms with van der Waals surface area (Å²) < 4.78 is 3.39. The van der Waals surface area contributed by atoms with E-state index in [-0.39, 0.29) is 11.8 Å². The Morgan fingerprint density at radius 1 is 0.610 bits per heavy atom. The molecule has 41 heavy (non-hydrogen) atoms. The van der Waals surface area contributed by atoms with Gasteiger partial charge in [0.2, 0.25) is 11.8 Å². The van der Waals surface area contributed by atoms with E-state index in [4.69, 9.17) is 0 Å². The summed E-state index contributed by atoms with van der Waals surface area (Å²) in [5.74, 6) is 0.128. The first-order valence-corrected chi connectivity index (χ1v) is 16.0. The second-order valence-corrected chi connectivity index (χ2v) is 13.2. The van der Waals surface area contributed by atoms with E-state index >= 15 is 0 Å². The molecule has 0 aromatic rings. The number of piperazine rings is 2. The molecule has 0 aliphatic carbocycles. The number of rotatable bonds is 18.